The number of hydrogen-bond acceptors (Lipinski definition) is 1. The summed E-state index contributed by atoms with van der Waals surface area (Å²) in [5.41, 5.74) is 2.51. The number of aromatic nitrogens is 2. The molecule has 16 heavy (non-hydrogen) atoms. The van der Waals surface area contributed by atoms with Crippen molar-refractivity contribution in [2.75, 3.05) is 0 Å². The molecule has 0 fully saturated rings. The van der Waals surface area contributed by atoms with Crippen molar-refractivity contribution < 1.29 is 0 Å². The van der Waals surface area contributed by atoms with E-state index in [9.17, 15) is 0 Å². The zero-order valence-corrected chi connectivity index (χ0v) is 10.1. The molecule has 2 nitrogen and oxygen atoms in total. The number of nitrogens with zero attached hydrogens (tertiary/aromatic N) is 2. The van der Waals surface area contributed by atoms with Crippen LogP contribution in [-0.2, 0) is 0 Å². The van der Waals surface area contributed by atoms with Gasteiger partial charge < -0.3 is 0 Å². The van der Waals surface area contributed by atoms with Gasteiger partial charge in [0.1, 0.15) is 0 Å². The van der Waals surface area contributed by atoms with Crippen molar-refractivity contribution in [3.8, 4) is 5.69 Å². The Hall–Kier alpha value is -1.57. The smallest absolute Gasteiger partial charge is 0.0648 e. The number of rotatable bonds is 3. The SMILES string of the molecule is CC(C)C(C)c1cccc(-n2cccn2)c1. The van der Waals surface area contributed by atoms with Gasteiger partial charge in [-0.3, -0.25) is 0 Å². The van der Waals surface area contributed by atoms with E-state index in [0.29, 0.717) is 11.8 Å². The van der Waals surface area contributed by atoms with E-state index >= 15 is 0 Å². The number of benzene rings is 1. The van der Waals surface area contributed by atoms with Crippen LogP contribution in [-0.4, -0.2) is 9.78 Å². The normalized spacial score (nSPS) is 13.0. The van der Waals surface area contributed by atoms with E-state index in [0.717, 1.165) is 5.69 Å². The Morgan fingerprint density at radius 1 is 1.12 bits per heavy atom. The van der Waals surface area contributed by atoms with Gasteiger partial charge in [-0.15, -0.1) is 0 Å². The maximum absolute atomic E-state index is 4.25. The van der Waals surface area contributed by atoms with Crippen LogP contribution >= 0.6 is 0 Å². The van der Waals surface area contributed by atoms with E-state index in [1.54, 1.807) is 6.20 Å². The highest BCUT2D eigenvalue weighted by molar-refractivity contribution is 5.36. The van der Waals surface area contributed by atoms with E-state index in [1.165, 1.54) is 5.56 Å². The fourth-order valence-electron chi connectivity index (χ4n) is 1.76. The molecule has 0 N–H and O–H groups in total. The van der Waals surface area contributed by atoms with Gasteiger partial charge in [0.15, 0.2) is 0 Å². The quantitative estimate of drug-likeness (QED) is 0.762. The lowest BCUT2D eigenvalue weighted by molar-refractivity contribution is 0.535. The Kier molecular flexibility index (Phi) is 3.09. The summed E-state index contributed by atoms with van der Waals surface area (Å²) in [5.74, 6) is 1.24. The largest absolute Gasteiger partial charge is 0.241 e. The topological polar surface area (TPSA) is 17.8 Å². The summed E-state index contributed by atoms with van der Waals surface area (Å²) in [4.78, 5) is 0. The first-order valence-corrected chi connectivity index (χ1v) is 5.78. The zero-order chi connectivity index (χ0) is 11.5. The third kappa shape index (κ3) is 2.16. The second kappa shape index (κ2) is 4.52. The highest BCUT2D eigenvalue weighted by atomic mass is 15.3. The minimum atomic E-state index is 0.579. The van der Waals surface area contributed by atoms with Crippen LogP contribution in [0.25, 0.3) is 5.69 Å². The van der Waals surface area contributed by atoms with E-state index in [2.05, 4.69) is 50.1 Å². The molecule has 1 heterocycles. The monoisotopic (exact) mass is 214 g/mol. The maximum atomic E-state index is 4.25. The maximum Gasteiger partial charge on any atom is 0.0648 e. The van der Waals surface area contributed by atoms with E-state index in [4.69, 9.17) is 0 Å². The van der Waals surface area contributed by atoms with Gasteiger partial charge in [-0.2, -0.15) is 5.10 Å². The highest BCUT2D eigenvalue weighted by Gasteiger charge is 2.10. The van der Waals surface area contributed by atoms with Gasteiger partial charge in [-0.25, -0.2) is 4.68 Å². The summed E-state index contributed by atoms with van der Waals surface area (Å²) < 4.78 is 1.90. The Balaban J connectivity index is 2.34. The molecule has 0 saturated heterocycles. The second-order valence-corrected chi connectivity index (χ2v) is 4.58. The van der Waals surface area contributed by atoms with E-state index in [-0.39, 0.29) is 0 Å². The first-order valence-electron chi connectivity index (χ1n) is 5.78. The molecule has 1 aromatic carbocycles. The lowest BCUT2D eigenvalue weighted by Gasteiger charge is -2.16. The average Bonchev–Trinajstić information content (AvgIpc) is 2.81. The zero-order valence-electron chi connectivity index (χ0n) is 10.1. The molecular weight excluding hydrogens is 196 g/mol. The first kappa shape index (κ1) is 10.9. The van der Waals surface area contributed by atoms with Crippen molar-refractivity contribution in [2.24, 2.45) is 5.92 Å². The molecule has 0 radical (unpaired) electrons. The molecule has 0 aliphatic heterocycles. The molecule has 0 saturated carbocycles. The molecule has 0 bridgehead atoms. The fraction of sp³-hybridized carbons (Fsp3) is 0.357. The van der Waals surface area contributed by atoms with Crippen molar-refractivity contribution in [3.63, 3.8) is 0 Å². The number of hydrogen-bond donors (Lipinski definition) is 0. The van der Waals surface area contributed by atoms with Crippen LogP contribution in [0.2, 0.25) is 0 Å². The van der Waals surface area contributed by atoms with Gasteiger partial charge >= 0.3 is 0 Å². The van der Waals surface area contributed by atoms with Crippen LogP contribution in [0, 0.1) is 5.92 Å². The predicted molar refractivity (Wildman–Crippen MR) is 66.8 cm³/mol. The molecule has 1 atom stereocenters. The molecule has 2 heteroatoms. The molecule has 1 aromatic heterocycles. The molecule has 2 aromatic rings. The Labute approximate surface area is 96.9 Å². The van der Waals surface area contributed by atoms with Crippen molar-refractivity contribution in [1.29, 1.82) is 0 Å². The van der Waals surface area contributed by atoms with Crippen LogP contribution in [0.1, 0.15) is 32.3 Å². The Bertz CT molecular complexity index is 444. The predicted octanol–water partition coefficient (Wildman–Crippen LogP) is 3.63. The second-order valence-electron chi connectivity index (χ2n) is 4.58. The molecule has 2 rings (SSSR count). The van der Waals surface area contributed by atoms with Crippen LogP contribution in [0.4, 0.5) is 0 Å². The summed E-state index contributed by atoms with van der Waals surface area (Å²) in [5, 5.41) is 4.25. The lowest BCUT2D eigenvalue weighted by atomic mass is 9.90. The molecule has 0 aliphatic rings. The van der Waals surface area contributed by atoms with Crippen molar-refractivity contribution >= 4 is 0 Å². The molecule has 84 valence electrons. The van der Waals surface area contributed by atoms with Crippen LogP contribution in [0.15, 0.2) is 42.7 Å². The standard InChI is InChI=1S/C14H18N2/c1-11(2)12(3)13-6-4-7-14(10-13)16-9-5-8-15-16/h4-12H,1-3H3. The van der Waals surface area contributed by atoms with Crippen molar-refractivity contribution in [2.45, 2.75) is 26.7 Å². The van der Waals surface area contributed by atoms with Crippen LogP contribution < -0.4 is 0 Å². The summed E-state index contributed by atoms with van der Waals surface area (Å²) >= 11 is 0. The third-order valence-electron chi connectivity index (χ3n) is 3.16. The van der Waals surface area contributed by atoms with Crippen molar-refractivity contribution in [3.05, 3.63) is 48.3 Å². The highest BCUT2D eigenvalue weighted by Crippen LogP contribution is 2.24. The van der Waals surface area contributed by atoms with Crippen LogP contribution in [0.3, 0.4) is 0 Å². The Morgan fingerprint density at radius 3 is 2.56 bits per heavy atom. The van der Waals surface area contributed by atoms with Gasteiger partial charge in [-0.05, 0) is 35.6 Å². The summed E-state index contributed by atoms with van der Waals surface area (Å²) in [6.07, 6.45) is 3.78. The molecular formula is C14H18N2. The first-order chi connectivity index (χ1) is 7.68. The molecule has 0 amide bonds. The van der Waals surface area contributed by atoms with Gasteiger partial charge in [0.25, 0.3) is 0 Å². The summed E-state index contributed by atoms with van der Waals surface area (Å²) in [7, 11) is 0. The van der Waals surface area contributed by atoms with E-state index < -0.39 is 0 Å². The fourth-order valence-corrected chi connectivity index (χ4v) is 1.76. The van der Waals surface area contributed by atoms with Gasteiger partial charge in [-0.1, -0.05) is 32.9 Å². The third-order valence-corrected chi connectivity index (χ3v) is 3.16. The average molecular weight is 214 g/mol. The minimum Gasteiger partial charge on any atom is -0.241 e. The van der Waals surface area contributed by atoms with E-state index in [1.807, 2.05) is 16.9 Å². The summed E-state index contributed by atoms with van der Waals surface area (Å²) in [6, 6.07) is 10.5. The van der Waals surface area contributed by atoms with Crippen LogP contribution in [0.5, 0.6) is 0 Å². The molecule has 0 spiro atoms. The van der Waals surface area contributed by atoms with Gasteiger partial charge in [0, 0.05) is 12.4 Å². The Morgan fingerprint density at radius 2 is 1.94 bits per heavy atom. The van der Waals surface area contributed by atoms with Crippen molar-refractivity contribution in [1.82, 2.24) is 9.78 Å². The molecule has 0 aliphatic carbocycles. The summed E-state index contributed by atoms with van der Waals surface area (Å²) in [6.45, 7) is 6.78. The van der Waals surface area contributed by atoms with Gasteiger partial charge in [0.05, 0.1) is 5.69 Å². The minimum absolute atomic E-state index is 0.579. The van der Waals surface area contributed by atoms with Gasteiger partial charge in [0.2, 0.25) is 0 Å². The lowest BCUT2D eigenvalue weighted by Crippen LogP contribution is -2.03. The molecule has 1 unspecified atom stereocenters.